The standard InChI is InChI=1S/C20H22O4/c1-5-6-14-7-9-15(10-8-14)13-24-19(22)18-16(20(18,2)3)11-12-17(21)23-4/h1,7-12,16,18H,6,13H2,2-4H3/b12-11-. The monoisotopic (exact) mass is 326 g/mol. The Labute approximate surface area is 142 Å². The molecule has 0 aromatic heterocycles. The summed E-state index contributed by atoms with van der Waals surface area (Å²) in [7, 11) is 1.32. The van der Waals surface area contributed by atoms with Crippen LogP contribution >= 0.6 is 0 Å². The zero-order valence-corrected chi connectivity index (χ0v) is 14.2. The number of ether oxygens (including phenoxy) is 2. The first-order chi connectivity index (χ1) is 11.4. The molecule has 0 saturated heterocycles. The van der Waals surface area contributed by atoms with Gasteiger partial charge in [0.15, 0.2) is 0 Å². The lowest BCUT2D eigenvalue weighted by Crippen LogP contribution is -2.10. The van der Waals surface area contributed by atoms with E-state index in [2.05, 4.69) is 10.7 Å². The molecule has 0 bridgehead atoms. The highest BCUT2D eigenvalue weighted by Gasteiger charge is 2.61. The summed E-state index contributed by atoms with van der Waals surface area (Å²) in [5, 5.41) is 0. The van der Waals surface area contributed by atoms with Crippen molar-refractivity contribution in [3.8, 4) is 12.3 Å². The Morgan fingerprint density at radius 1 is 1.25 bits per heavy atom. The summed E-state index contributed by atoms with van der Waals surface area (Å²) in [6.07, 6.45) is 8.96. The largest absolute Gasteiger partial charge is 0.466 e. The van der Waals surface area contributed by atoms with Crippen LogP contribution in [0.2, 0.25) is 0 Å². The lowest BCUT2D eigenvalue weighted by molar-refractivity contribution is -0.147. The number of hydrogen-bond acceptors (Lipinski definition) is 4. The topological polar surface area (TPSA) is 52.6 Å². The quantitative estimate of drug-likeness (QED) is 0.458. The van der Waals surface area contributed by atoms with Crippen molar-refractivity contribution < 1.29 is 19.1 Å². The average Bonchev–Trinajstić information content (AvgIpc) is 3.12. The molecule has 1 aromatic rings. The average molecular weight is 326 g/mol. The zero-order valence-electron chi connectivity index (χ0n) is 14.2. The van der Waals surface area contributed by atoms with Crippen molar-refractivity contribution in [3.63, 3.8) is 0 Å². The minimum Gasteiger partial charge on any atom is -0.466 e. The number of rotatable bonds is 6. The number of methoxy groups -OCH3 is 1. The van der Waals surface area contributed by atoms with Crippen molar-refractivity contribution >= 4 is 11.9 Å². The summed E-state index contributed by atoms with van der Waals surface area (Å²) in [5.41, 5.74) is 1.77. The maximum absolute atomic E-state index is 12.3. The minimum absolute atomic E-state index is 0.0119. The molecule has 126 valence electrons. The lowest BCUT2D eigenvalue weighted by atomic mass is 10.1. The van der Waals surface area contributed by atoms with Crippen LogP contribution in [0.4, 0.5) is 0 Å². The highest BCUT2D eigenvalue weighted by Crippen LogP contribution is 2.59. The van der Waals surface area contributed by atoms with E-state index in [0.29, 0.717) is 6.42 Å². The molecule has 2 rings (SSSR count). The summed E-state index contributed by atoms with van der Waals surface area (Å²) < 4.78 is 9.99. The van der Waals surface area contributed by atoms with Crippen LogP contribution < -0.4 is 0 Å². The second-order valence-electron chi connectivity index (χ2n) is 6.51. The second-order valence-corrected chi connectivity index (χ2v) is 6.51. The van der Waals surface area contributed by atoms with E-state index >= 15 is 0 Å². The number of esters is 2. The third kappa shape index (κ3) is 4.05. The Bertz CT molecular complexity index is 677. The molecule has 2 unspecified atom stereocenters. The van der Waals surface area contributed by atoms with Gasteiger partial charge < -0.3 is 9.47 Å². The molecular weight excluding hydrogens is 304 g/mol. The maximum Gasteiger partial charge on any atom is 0.330 e. The molecule has 24 heavy (non-hydrogen) atoms. The number of carbonyl (C=O) groups excluding carboxylic acids is 2. The van der Waals surface area contributed by atoms with Crippen LogP contribution in [-0.4, -0.2) is 19.0 Å². The molecule has 1 aliphatic carbocycles. The van der Waals surface area contributed by atoms with Crippen molar-refractivity contribution in [2.75, 3.05) is 7.11 Å². The summed E-state index contributed by atoms with van der Waals surface area (Å²) >= 11 is 0. The van der Waals surface area contributed by atoms with Gasteiger partial charge in [0.25, 0.3) is 0 Å². The fourth-order valence-electron chi connectivity index (χ4n) is 2.85. The zero-order chi connectivity index (χ0) is 17.7. The number of hydrogen-bond donors (Lipinski definition) is 0. The number of benzene rings is 1. The van der Waals surface area contributed by atoms with Crippen molar-refractivity contribution in [2.45, 2.75) is 26.9 Å². The van der Waals surface area contributed by atoms with E-state index in [1.54, 1.807) is 6.08 Å². The van der Waals surface area contributed by atoms with Crippen LogP contribution in [0, 0.1) is 29.6 Å². The van der Waals surface area contributed by atoms with Crippen LogP contribution in [0.1, 0.15) is 25.0 Å². The van der Waals surface area contributed by atoms with Gasteiger partial charge in [0.1, 0.15) is 6.61 Å². The molecule has 1 fully saturated rings. The highest BCUT2D eigenvalue weighted by atomic mass is 16.5. The first kappa shape index (κ1) is 17.8. The molecule has 4 heteroatoms. The number of terminal acetylenes is 1. The van der Waals surface area contributed by atoms with Crippen molar-refractivity contribution in [1.82, 2.24) is 0 Å². The molecule has 0 heterocycles. The van der Waals surface area contributed by atoms with E-state index in [-0.39, 0.29) is 29.8 Å². The first-order valence-corrected chi connectivity index (χ1v) is 7.84. The molecule has 1 aliphatic rings. The molecule has 1 saturated carbocycles. The van der Waals surface area contributed by atoms with E-state index in [4.69, 9.17) is 11.2 Å². The normalized spacial score (nSPS) is 21.1. The van der Waals surface area contributed by atoms with Gasteiger partial charge in [-0.2, -0.15) is 0 Å². The van der Waals surface area contributed by atoms with E-state index in [1.165, 1.54) is 13.2 Å². The number of carbonyl (C=O) groups is 2. The first-order valence-electron chi connectivity index (χ1n) is 7.84. The molecule has 0 amide bonds. The molecule has 1 aromatic carbocycles. The van der Waals surface area contributed by atoms with Gasteiger partial charge in [0.05, 0.1) is 13.0 Å². The van der Waals surface area contributed by atoms with Crippen molar-refractivity contribution in [1.29, 1.82) is 0 Å². The fraction of sp³-hybridized carbons (Fsp3) is 0.400. The predicted octanol–water partition coefficient (Wildman–Crippen LogP) is 2.91. The molecule has 4 nitrogen and oxygen atoms in total. The Morgan fingerprint density at radius 2 is 1.88 bits per heavy atom. The van der Waals surface area contributed by atoms with Crippen LogP contribution in [-0.2, 0) is 32.1 Å². The number of allylic oxidation sites excluding steroid dienone is 1. The van der Waals surface area contributed by atoms with Crippen LogP contribution in [0.25, 0.3) is 0 Å². The van der Waals surface area contributed by atoms with Gasteiger partial charge in [-0.1, -0.05) is 44.2 Å². The minimum atomic E-state index is -0.420. The third-order valence-corrected chi connectivity index (χ3v) is 4.52. The Kier molecular flexibility index (Phi) is 5.46. The van der Waals surface area contributed by atoms with Gasteiger partial charge in [0.2, 0.25) is 0 Å². The molecule has 0 aliphatic heterocycles. The van der Waals surface area contributed by atoms with Gasteiger partial charge in [-0.25, -0.2) is 4.79 Å². The molecule has 2 atom stereocenters. The Hall–Kier alpha value is -2.54. The Morgan fingerprint density at radius 3 is 2.46 bits per heavy atom. The van der Waals surface area contributed by atoms with Gasteiger partial charge in [-0.15, -0.1) is 12.3 Å². The Balaban J connectivity index is 1.89. The highest BCUT2D eigenvalue weighted by molar-refractivity contribution is 5.83. The molecular formula is C20H22O4. The van der Waals surface area contributed by atoms with E-state index in [9.17, 15) is 9.59 Å². The van der Waals surface area contributed by atoms with Crippen LogP contribution in [0.3, 0.4) is 0 Å². The van der Waals surface area contributed by atoms with Crippen LogP contribution in [0.15, 0.2) is 36.4 Å². The molecule has 0 N–H and O–H groups in total. The van der Waals surface area contributed by atoms with Crippen molar-refractivity contribution in [2.24, 2.45) is 17.3 Å². The summed E-state index contributed by atoms with van der Waals surface area (Å²) in [6, 6.07) is 7.69. The lowest BCUT2D eigenvalue weighted by Gasteiger charge is -2.06. The smallest absolute Gasteiger partial charge is 0.330 e. The summed E-state index contributed by atoms with van der Waals surface area (Å²) in [4.78, 5) is 23.5. The van der Waals surface area contributed by atoms with Gasteiger partial charge in [0, 0.05) is 12.5 Å². The predicted molar refractivity (Wildman–Crippen MR) is 90.7 cm³/mol. The maximum atomic E-state index is 12.3. The van der Waals surface area contributed by atoms with E-state index < -0.39 is 5.97 Å². The van der Waals surface area contributed by atoms with Crippen LogP contribution in [0.5, 0.6) is 0 Å². The molecule has 0 spiro atoms. The van der Waals surface area contributed by atoms with Gasteiger partial charge in [-0.3, -0.25) is 4.79 Å². The van der Waals surface area contributed by atoms with Gasteiger partial charge >= 0.3 is 11.9 Å². The molecule has 0 radical (unpaired) electrons. The fourth-order valence-corrected chi connectivity index (χ4v) is 2.85. The van der Waals surface area contributed by atoms with E-state index in [1.807, 2.05) is 38.1 Å². The third-order valence-electron chi connectivity index (χ3n) is 4.52. The van der Waals surface area contributed by atoms with E-state index in [0.717, 1.165) is 11.1 Å². The summed E-state index contributed by atoms with van der Waals surface area (Å²) in [5.74, 6) is 1.68. The SMILES string of the molecule is C#CCc1ccc(COC(=O)C2C(/C=C\C(=O)OC)C2(C)C)cc1. The van der Waals surface area contributed by atoms with Crippen molar-refractivity contribution in [3.05, 3.63) is 47.5 Å². The van der Waals surface area contributed by atoms with Gasteiger partial charge in [-0.05, 0) is 22.5 Å². The second kappa shape index (κ2) is 7.35. The summed E-state index contributed by atoms with van der Waals surface area (Å²) in [6.45, 7) is 4.20.